The normalized spacial score (nSPS) is 19.3. The van der Waals surface area contributed by atoms with E-state index in [1.165, 1.54) is 9.35 Å². The largest absolute Gasteiger partial charge is 0.381 e. The molecule has 5 heteroatoms. The van der Waals surface area contributed by atoms with Gasteiger partial charge >= 0.3 is 0 Å². The van der Waals surface area contributed by atoms with Gasteiger partial charge in [0.15, 0.2) is 0 Å². The summed E-state index contributed by atoms with van der Waals surface area (Å²) < 4.78 is 6.65. The summed E-state index contributed by atoms with van der Waals surface area (Å²) in [6.45, 7) is 4.52. The van der Waals surface area contributed by atoms with Crippen molar-refractivity contribution in [2.75, 3.05) is 33.4 Å². The summed E-state index contributed by atoms with van der Waals surface area (Å²) >= 11 is 5.25. The topological polar surface area (TPSA) is 38.5 Å². The van der Waals surface area contributed by atoms with E-state index in [9.17, 15) is 0 Å². The zero-order valence-corrected chi connectivity index (χ0v) is 13.2. The van der Waals surface area contributed by atoms with Crippen LogP contribution in [0.1, 0.15) is 18.4 Å². The van der Waals surface area contributed by atoms with Gasteiger partial charge in [-0.05, 0) is 64.8 Å². The maximum Gasteiger partial charge on any atom is 0.0701 e. The molecule has 0 radical (unpaired) electrons. The average Bonchev–Trinajstić information content (AvgIpc) is 2.75. The molecular weight excluding hydrogens is 312 g/mol. The number of halogens is 1. The number of hydrogen-bond donors (Lipinski definition) is 1. The first-order valence-corrected chi connectivity index (χ1v) is 8.00. The fraction of sp³-hybridized carbons (Fsp3) is 0.692. The fourth-order valence-electron chi connectivity index (χ4n) is 2.60. The van der Waals surface area contributed by atoms with Crippen LogP contribution in [0.5, 0.6) is 0 Å². The van der Waals surface area contributed by atoms with Gasteiger partial charge < -0.3 is 15.4 Å². The Labute approximate surface area is 121 Å². The molecule has 1 aliphatic rings. The predicted molar refractivity (Wildman–Crippen MR) is 79.9 cm³/mol. The van der Waals surface area contributed by atoms with Crippen LogP contribution >= 0.6 is 27.3 Å². The predicted octanol–water partition coefficient (Wildman–Crippen LogP) is 2.70. The van der Waals surface area contributed by atoms with Crippen LogP contribution in [0.2, 0.25) is 0 Å². The summed E-state index contributed by atoms with van der Waals surface area (Å²) in [5.41, 5.74) is 7.62. The summed E-state index contributed by atoms with van der Waals surface area (Å²) in [5.74, 6) is 0. The van der Waals surface area contributed by atoms with Crippen molar-refractivity contribution < 1.29 is 4.74 Å². The number of nitrogens with zero attached hydrogens (tertiary/aromatic N) is 1. The summed E-state index contributed by atoms with van der Waals surface area (Å²) in [7, 11) is 2.18. The lowest BCUT2D eigenvalue weighted by atomic mass is 9.80. The highest BCUT2D eigenvalue weighted by molar-refractivity contribution is 9.11. The second kappa shape index (κ2) is 6.48. The Bertz CT molecular complexity index is 377. The third-order valence-corrected chi connectivity index (χ3v) is 5.22. The van der Waals surface area contributed by atoms with Crippen molar-refractivity contribution in [2.24, 2.45) is 11.1 Å². The monoisotopic (exact) mass is 332 g/mol. The Hall–Kier alpha value is 0.0600. The Morgan fingerprint density at radius 3 is 2.78 bits per heavy atom. The molecule has 0 bridgehead atoms. The summed E-state index contributed by atoms with van der Waals surface area (Å²) in [4.78, 5) is 2.38. The molecule has 1 saturated heterocycles. The van der Waals surface area contributed by atoms with Crippen LogP contribution in [0.4, 0.5) is 0 Å². The van der Waals surface area contributed by atoms with Gasteiger partial charge in [-0.25, -0.2) is 0 Å². The highest BCUT2D eigenvalue weighted by Gasteiger charge is 2.32. The Kier molecular flexibility index (Phi) is 5.21. The number of ether oxygens (including phenoxy) is 1. The van der Waals surface area contributed by atoms with Gasteiger partial charge in [-0.1, -0.05) is 0 Å². The van der Waals surface area contributed by atoms with E-state index < -0.39 is 0 Å². The van der Waals surface area contributed by atoms with Crippen LogP contribution in [0, 0.1) is 5.41 Å². The van der Waals surface area contributed by atoms with Crippen LogP contribution in [-0.2, 0) is 11.3 Å². The molecule has 1 fully saturated rings. The third kappa shape index (κ3) is 3.78. The molecule has 0 amide bonds. The Morgan fingerprint density at radius 1 is 1.50 bits per heavy atom. The maximum atomic E-state index is 6.00. The minimum absolute atomic E-state index is 0.250. The molecule has 2 N–H and O–H groups in total. The van der Waals surface area contributed by atoms with E-state index in [0.717, 1.165) is 45.7 Å². The lowest BCUT2D eigenvalue weighted by Crippen LogP contribution is -2.44. The van der Waals surface area contributed by atoms with Crippen LogP contribution in [-0.4, -0.2) is 38.3 Å². The fourth-order valence-corrected chi connectivity index (χ4v) is 3.80. The first-order valence-electron chi connectivity index (χ1n) is 6.33. The number of rotatable bonds is 5. The highest BCUT2D eigenvalue weighted by atomic mass is 79.9. The second-order valence-electron chi connectivity index (χ2n) is 5.25. The number of thiophene rings is 1. The zero-order valence-electron chi connectivity index (χ0n) is 10.8. The standard InChI is InChI=1S/C13H21BrN2OS/c1-16(7-11-6-12(14)18-8-11)10-13(9-15)2-4-17-5-3-13/h6,8H,2-5,7,9-10,15H2,1H3. The van der Waals surface area contributed by atoms with Crippen molar-refractivity contribution in [3.8, 4) is 0 Å². The quantitative estimate of drug-likeness (QED) is 0.900. The van der Waals surface area contributed by atoms with Crippen LogP contribution in [0.25, 0.3) is 0 Å². The summed E-state index contributed by atoms with van der Waals surface area (Å²) in [5, 5.41) is 2.21. The van der Waals surface area contributed by atoms with Gasteiger partial charge in [-0.3, -0.25) is 0 Å². The summed E-state index contributed by atoms with van der Waals surface area (Å²) in [6.07, 6.45) is 2.17. The van der Waals surface area contributed by atoms with Crippen LogP contribution < -0.4 is 5.73 Å². The maximum absolute atomic E-state index is 6.00. The smallest absolute Gasteiger partial charge is 0.0701 e. The van der Waals surface area contributed by atoms with E-state index in [-0.39, 0.29) is 5.41 Å². The van der Waals surface area contributed by atoms with E-state index >= 15 is 0 Å². The molecule has 102 valence electrons. The molecular formula is C13H21BrN2OS. The van der Waals surface area contributed by atoms with E-state index in [2.05, 4.69) is 39.3 Å². The molecule has 0 aromatic carbocycles. The SMILES string of the molecule is CN(Cc1csc(Br)c1)CC1(CN)CCOCC1. The molecule has 1 aliphatic heterocycles. The molecule has 18 heavy (non-hydrogen) atoms. The van der Waals surface area contributed by atoms with Crippen molar-refractivity contribution in [1.82, 2.24) is 4.90 Å². The van der Waals surface area contributed by atoms with Crippen LogP contribution in [0.3, 0.4) is 0 Å². The van der Waals surface area contributed by atoms with Gasteiger partial charge in [0, 0.05) is 26.3 Å². The van der Waals surface area contributed by atoms with Crippen molar-refractivity contribution >= 4 is 27.3 Å². The van der Waals surface area contributed by atoms with Crippen molar-refractivity contribution in [2.45, 2.75) is 19.4 Å². The first-order chi connectivity index (χ1) is 8.63. The minimum atomic E-state index is 0.250. The van der Waals surface area contributed by atoms with Gasteiger partial charge in [0.1, 0.15) is 0 Å². The zero-order chi connectivity index (χ0) is 13.0. The van der Waals surface area contributed by atoms with E-state index in [1.54, 1.807) is 11.3 Å². The van der Waals surface area contributed by atoms with Gasteiger partial charge in [-0.15, -0.1) is 11.3 Å². The second-order valence-corrected chi connectivity index (χ2v) is 7.54. The lowest BCUT2D eigenvalue weighted by Gasteiger charge is -2.39. The van der Waals surface area contributed by atoms with Crippen molar-refractivity contribution in [3.63, 3.8) is 0 Å². The lowest BCUT2D eigenvalue weighted by molar-refractivity contribution is 0.00269. The molecule has 2 heterocycles. The van der Waals surface area contributed by atoms with Gasteiger partial charge in [0.25, 0.3) is 0 Å². The van der Waals surface area contributed by atoms with Crippen molar-refractivity contribution in [1.29, 1.82) is 0 Å². The molecule has 0 saturated carbocycles. The number of hydrogen-bond acceptors (Lipinski definition) is 4. The third-order valence-electron chi connectivity index (χ3n) is 3.67. The minimum Gasteiger partial charge on any atom is -0.381 e. The molecule has 0 spiro atoms. The van der Waals surface area contributed by atoms with E-state index in [0.29, 0.717) is 0 Å². The van der Waals surface area contributed by atoms with Gasteiger partial charge in [0.2, 0.25) is 0 Å². The molecule has 1 aromatic rings. The molecule has 2 rings (SSSR count). The average molecular weight is 333 g/mol. The van der Waals surface area contributed by atoms with Gasteiger partial charge in [-0.2, -0.15) is 0 Å². The molecule has 0 atom stereocenters. The van der Waals surface area contributed by atoms with E-state index in [4.69, 9.17) is 10.5 Å². The molecule has 3 nitrogen and oxygen atoms in total. The molecule has 0 unspecified atom stereocenters. The molecule has 0 aliphatic carbocycles. The number of nitrogens with two attached hydrogens (primary N) is 1. The van der Waals surface area contributed by atoms with E-state index in [1.807, 2.05) is 0 Å². The highest BCUT2D eigenvalue weighted by Crippen LogP contribution is 2.31. The first kappa shape index (κ1) is 14.5. The van der Waals surface area contributed by atoms with Gasteiger partial charge in [0.05, 0.1) is 3.79 Å². The van der Waals surface area contributed by atoms with Crippen LogP contribution in [0.15, 0.2) is 15.2 Å². The Morgan fingerprint density at radius 2 is 2.22 bits per heavy atom. The summed E-state index contributed by atoms with van der Waals surface area (Å²) in [6, 6.07) is 2.19. The van der Waals surface area contributed by atoms with Crippen molar-refractivity contribution in [3.05, 3.63) is 20.8 Å². The molecule has 1 aromatic heterocycles. The Balaban J connectivity index is 1.90.